The third kappa shape index (κ3) is 2.73. The van der Waals surface area contributed by atoms with Crippen molar-refractivity contribution in [2.75, 3.05) is 36.8 Å². The third-order valence-electron chi connectivity index (χ3n) is 3.80. The quantitative estimate of drug-likeness (QED) is 0.852. The molecule has 1 aliphatic heterocycles. The average molecular weight is 268 g/mol. The first-order valence-corrected chi connectivity index (χ1v) is 7.07. The fourth-order valence-corrected chi connectivity index (χ4v) is 3.09. The summed E-state index contributed by atoms with van der Waals surface area (Å²) in [6.45, 7) is 8.82. The Morgan fingerprint density at radius 3 is 2.72 bits per heavy atom. The predicted molar refractivity (Wildman–Crippen MR) is 79.4 cm³/mol. The summed E-state index contributed by atoms with van der Waals surface area (Å²) >= 11 is 6.27. The lowest BCUT2D eigenvalue weighted by Crippen LogP contribution is -2.37. The summed E-state index contributed by atoms with van der Waals surface area (Å²) in [5, 5.41) is 0.759. The Morgan fingerprint density at radius 2 is 2.11 bits per heavy atom. The van der Waals surface area contributed by atoms with E-state index in [2.05, 4.69) is 23.6 Å². The lowest BCUT2D eigenvalue weighted by atomic mass is 10.2. The summed E-state index contributed by atoms with van der Waals surface area (Å²) in [6.07, 6.45) is 1.21. The maximum absolute atomic E-state index is 6.27. The predicted octanol–water partition coefficient (Wildman–Crippen LogP) is 2.84. The van der Waals surface area contributed by atoms with Crippen LogP contribution in [0.2, 0.25) is 5.02 Å². The molecule has 1 aromatic carbocycles. The van der Waals surface area contributed by atoms with Gasteiger partial charge in [0.05, 0.1) is 10.7 Å². The van der Waals surface area contributed by atoms with Crippen LogP contribution >= 0.6 is 11.6 Å². The standard InChI is InChI=1S/C14H22ClN3/c1-3-17(4-2)12-7-8-18(10-12)14-6-5-11(16)9-13(14)15/h5-6,9,12H,3-4,7-8,10,16H2,1-2H3. The minimum Gasteiger partial charge on any atom is -0.399 e. The maximum Gasteiger partial charge on any atom is 0.0660 e. The highest BCUT2D eigenvalue weighted by molar-refractivity contribution is 6.33. The summed E-state index contributed by atoms with van der Waals surface area (Å²) in [4.78, 5) is 4.88. The molecule has 1 fully saturated rings. The molecule has 1 atom stereocenters. The summed E-state index contributed by atoms with van der Waals surface area (Å²) < 4.78 is 0. The zero-order chi connectivity index (χ0) is 13.1. The van der Waals surface area contributed by atoms with Crippen LogP contribution in [0.15, 0.2) is 18.2 Å². The van der Waals surface area contributed by atoms with Gasteiger partial charge in [0.15, 0.2) is 0 Å². The minimum atomic E-state index is 0.647. The van der Waals surface area contributed by atoms with E-state index in [0.717, 1.165) is 42.6 Å². The van der Waals surface area contributed by atoms with Crippen molar-refractivity contribution >= 4 is 23.0 Å². The SMILES string of the molecule is CCN(CC)C1CCN(c2ccc(N)cc2Cl)C1. The maximum atomic E-state index is 6.27. The molecule has 1 heterocycles. The number of likely N-dealkylation sites (N-methyl/N-ethyl adjacent to an activating group) is 1. The molecule has 100 valence electrons. The minimum absolute atomic E-state index is 0.647. The van der Waals surface area contributed by atoms with E-state index >= 15 is 0 Å². The van der Waals surface area contributed by atoms with Gasteiger partial charge in [0.2, 0.25) is 0 Å². The number of hydrogen-bond acceptors (Lipinski definition) is 3. The van der Waals surface area contributed by atoms with Crippen molar-refractivity contribution in [3.63, 3.8) is 0 Å². The Morgan fingerprint density at radius 1 is 1.39 bits per heavy atom. The average Bonchev–Trinajstić information content (AvgIpc) is 2.80. The van der Waals surface area contributed by atoms with E-state index < -0.39 is 0 Å². The molecule has 3 nitrogen and oxygen atoms in total. The molecular weight excluding hydrogens is 246 g/mol. The number of hydrogen-bond donors (Lipinski definition) is 1. The van der Waals surface area contributed by atoms with Crippen LogP contribution in [0.3, 0.4) is 0 Å². The molecule has 2 N–H and O–H groups in total. The van der Waals surface area contributed by atoms with Gasteiger partial charge in [0.1, 0.15) is 0 Å². The Bertz CT molecular complexity index is 404. The monoisotopic (exact) mass is 267 g/mol. The first-order valence-electron chi connectivity index (χ1n) is 6.69. The Hall–Kier alpha value is -0.930. The normalized spacial score (nSPS) is 19.8. The molecule has 1 aliphatic rings. The molecule has 2 rings (SSSR count). The molecule has 0 saturated carbocycles. The van der Waals surface area contributed by atoms with Gasteiger partial charge in [-0.15, -0.1) is 0 Å². The van der Waals surface area contributed by atoms with E-state index in [1.807, 2.05) is 18.2 Å². The van der Waals surface area contributed by atoms with Crippen LogP contribution in [0.25, 0.3) is 0 Å². The van der Waals surface area contributed by atoms with E-state index in [9.17, 15) is 0 Å². The van der Waals surface area contributed by atoms with E-state index in [1.54, 1.807) is 0 Å². The molecule has 18 heavy (non-hydrogen) atoms. The fraction of sp³-hybridized carbons (Fsp3) is 0.571. The molecule has 0 radical (unpaired) electrons. The van der Waals surface area contributed by atoms with E-state index in [4.69, 9.17) is 17.3 Å². The fourth-order valence-electron chi connectivity index (χ4n) is 2.78. The van der Waals surface area contributed by atoms with Crippen molar-refractivity contribution in [3.05, 3.63) is 23.2 Å². The van der Waals surface area contributed by atoms with Gasteiger partial charge in [-0.25, -0.2) is 0 Å². The molecule has 0 amide bonds. The first-order chi connectivity index (χ1) is 8.65. The molecular formula is C14H22ClN3. The van der Waals surface area contributed by atoms with Crippen molar-refractivity contribution in [3.8, 4) is 0 Å². The van der Waals surface area contributed by atoms with Crippen molar-refractivity contribution in [2.45, 2.75) is 26.3 Å². The highest BCUT2D eigenvalue weighted by atomic mass is 35.5. The number of halogens is 1. The van der Waals surface area contributed by atoms with Crippen molar-refractivity contribution in [1.29, 1.82) is 0 Å². The molecule has 0 spiro atoms. The zero-order valence-electron chi connectivity index (χ0n) is 11.2. The molecule has 1 unspecified atom stereocenters. The van der Waals surface area contributed by atoms with Crippen LogP contribution in [-0.2, 0) is 0 Å². The number of nitrogens with zero attached hydrogens (tertiary/aromatic N) is 2. The molecule has 4 heteroatoms. The Kier molecular flexibility index (Phi) is 4.36. The van der Waals surface area contributed by atoms with E-state index in [-0.39, 0.29) is 0 Å². The van der Waals surface area contributed by atoms with Gasteiger partial charge in [-0.05, 0) is 37.7 Å². The van der Waals surface area contributed by atoms with E-state index in [1.165, 1.54) is 6.42 Å². The second-order valence-electron chi connectivity index (χ2n) is 4.82. The van der Waals surface area contributed by atoms with Gasteiger partial charge in [0, 0.05) is 24.8 Å². The van der Waals surface area contributed by atoms with Crippen LogP contribution in [0, 0.1) is 0 Å². The highest BCUT2D eigenvalue weighted by Crippen LogP contribution is 2.31. The zero-order valence-corrected chi connectivity index (χ0v) is 12.0. The van der Waals surface area contributed by atoms with Gasteiger partial charge in [-0.3, -0.25) is 4.90 Å². The summed E-state index contributed by atoms with van der Waals surface area (Å²) in [5.41, 5.74) is 7.57. The van der Waals surface area contributed by atoms with Crippen LogP contribution in [0.4, 0.5) is 11.4 Å². The highest BCUT2D eigenvalue weighted by Gasteiger charge is 2.27. The van der Waals surface area contributed by atoms with Gasteiger partial charge in [-0.2, -0.15) is 0 Å². The number of benzene rings is 1. The van der Waals surface area contributed by atoms with Gasteiger partial charge in [0.25, 0.3) is 0 Å². The Balaban J connectivity index is 2.08. The summed E-state index contributed by atoms with van der Waals surface area (Å²) in [5.74, 6) is 0. The summed E-state index contributed by atoms with van der Waals surface area (Å²) in [6, 6.07) is 6.43. The smallest absolute Gasteiger partial charge is 0.0660 e. The van der Waals surface area contributed by atoms with Crippen LogP contribution < -0.4 is 10.6 Å². The topological polar surface area (TPSA) is 32.5 Å². The van der Waals surface area contributed by atoms with Crippen LogP contribution in [-0.4, -0.2) is 37.1 Å². The number of anilines is 2. The largest absolute Gasteiger partial charge is 0.399 e. The second-order valence-corrected chi connectivity index (χ2v) is 5.23. The van der Waals surface area contributed by atoms with E-state index in [0.29, 0.717) is 6.04 Å². The lowest BCUT2D eigenvalue weighted by molar-refractivity contribution is 0.232. The molecule has 0 aromatic heterocycles. The number of nitrogens with two attached hydrogens (primary N) is 1. The van der Waals surface area contributed by atoms with Gasteiger partial charge in [-0.1, -0.05) is 25.4 Å². The molecule has 0 aliphatic carbocycles. The molecule has 1 saturated heterocycles. The lowest BCUT2D eigenvalue weighted by Gasteiger charge is -2.27. The van der Waals surface area contributed by atoms with Crippen LogP contribution in [0.1, 0.15) is 20.3 Å². The number of rotatable bonds is 4. The van der Waals surface area contributed by atoms with Crippen LogP contribution in [0.5, 0.6) is 0 Å². The Labute approximate surface area is 115 Å². The molecule has 0 bridgehead atoms. The second kappa shape index (κ2) is 5.81. The van der Waals surface area contributed by atoms with Gasteiger partial charge >= 0.3 is 0 Å². The summed E-state index contributed by atoms with van der Waals surface area (Å²) in [7, 11) is 0. The molecule has 1 aromatic rings. The third-order valence-corrected chi connectivity index (χ3v) is 4.11. The first kappa shape index (κ1) is 13.5. The van der Waals surface area contributed by atoms with Crippen molar-refractivity contribution < 1.29 is 0 Å². The number of nitrogen functional groups attached to an aromatic ring is 1. The van der Waals surface area contributed by atoms with Gasteiger partial charge < -0.3 is 10.6 Å². The van der Waals surface area contributed by atoms with Crippen molar-refractivity contribution in [2.24, 2.45) is 0 Å². The van der Waals surface area contributed by atoms with Crippen molar-refractivity contribution in [1.82, 2.24) is 4.90 Å².